The summed E-state index contributed by atoms with van der Waals surface area (Å²) in [6.07, 6.45) is 4.80. The molecule has 0 amide bonds. The summed E-state index contributed by atoms with van der Waals surface area (Å²) >= 11 is 1.73. The Morgan fingerprint density at radius 2 is 2.00 bits per heavy atom. The number of halogens is 1. The molecule has 1 fully saturated rings. The van der Waals surface area contributed by atoms with Gasteiger partial charge in [0.05, 0.1) is 34.8 Å². The van der Waals surface area contributed by atoms with Crippen molar-refractivity contribution in [3.8, 4) is 11.3 Å². The SMILES string of the molecule is Cc1nc(N2CCC3(CC2)Cc2scnc2[C@H]3N)c2ccnn2c1-c1ccccc1F. The van der Waals surface area contributed by atoms with Crippen molar-refractivity contribution in [2.24, 2.45) is 11.1 Å². The summed E-state index contributed by atoms with van der Waals surface area (Å²) in [4.78, 5) is 13.1. The Morgan fingerprint density at radius 1 is 1.19 bits per heavy atom. The molecule has 6 nitrogen and oxygen atoms in total. The third kappa shape index (κ3) is 2.74. The molecule has 2 aliphatic rings. The van der Waals surface area contributed by atoms with Gasteiger partial charge in [0.1, 0.15) is 11.3 Å². The number of aryl methyl sites for hydroxylation is 1. The number of aromatic nitrogens is 4. The van der Waals surface area contributed by atoms with Gasteiger partial charge in [0.2, 0.25) is 0 Å². The molecule has 1 aliphatic carbocycles. The largest absolute Gasteiger partial charge is 0.355 e. The van der Waals surface area contributed by atoms with Crippen molar-refractivity contribution in [3.05, 3.63) is 64.1 Å². The molecule has 2 N–H and O–H groups in total. The minimum Gasteiger partial charge on any atom is -0.355 e. The van der Waals surface area contributed by atoms with Crippen LogP contribution in [0.15, 0.2) is 42.0 Å². The van der Waals surface area contributed by atoms with Crippen LogP contribution >= 0.6 is 11.3 Å². The van der Waals surface area contributed by atoms with Crippen LogP contribution in [0.1, 0.15) is 35.1 Å². The standard InChI is InChI=1S/C23H23FN6S/c1-14-20(15-4-2-3-5-16(15)24)30-17(6-9-27-30)22(28-14)29-10-7-23(8-11-29)12-18-19(21(23)25)26-13-31-18/h2-6,9,13,21H,7-8,10-12,25H2,1H3/t21-/m1/s1. The minimum absolute atomic E-state index is 0.0176. The maximum atomic E-state index is 14.5. The lowest BCUT2D eigenvalue weighted by Crippen LogP contribution is -2.45. The first-order valence-electron chi connectivity index (χ1n) is 10.6. The van der Waals surface area contributed by atoms with Gasteiger partial charge in [-0.2, -0.15) is 5.10 Å². The van der Waals surface area contributed by atoms with Crippen LogP contribution in [0, 0.1) is 18.2 Å². The molecular weight excluding hydrogens is 411 g/mol. The van der Waals surface area contributed by atoms with E-state index in [1.165, 1.54) is 10.9 Å². The number of hydrogen-bond acceptors (Lipinski definition) is 6. The van der Waals surface area contributed by atoms with Gasteiger partial charge in [-0.1, -0.05) is 12.1 Å². The van der Waals surface area contributed by atoms with Crippen LogP contribution in [0.5, 0.6) is 0 Å². The molecule has 0 saturated carbocycles. The van der Waals surface area contributed by atoms with E-state index < -0.39 is 0 Å². The van der Waals surface area contributed by atoms with Crippen LogP contribution < -0.4 is 10.6 Å². The smallest absolute Gasteiger partial charge is 0.155 e. The fourth-order valence-corrected chi connectivity index (χ4v) is 6.27. The van der Waals surface area contributed by atoms with E-state index >= 15 is 0 Å². The topological polar surface area (TPSA) is 72.3 Å². The highest BCUT2D eigenvalue weighted by atomic mass is 32.1. The highest BCUT2D eigenvalue weighted by Crippen LogP contribution is 2.51. The number of benzene rings is 1. The number of anilines is 1. The Hall–Kier alpha value is -2.84. The zero-order valence-electron chi connectivity index (χ0n) is 17.3. The van der Waals surface area contributed by atoms with E-state index in [0.29, 0.717) is 11.3 Å². The van der Waals surface area contributed by atoms with E-state index in [9.17, 15) is 4.39 Å². The molecule has 8 heteroatoms. The molecule has 1 aliphatic heterocycles. The first-order valence-corrected chi connectivity index (χ1v) is 11.5. The van der Waals surface area contributed by atoms with Crippen LogP contribution in [0.2, 0.25) is 0 Å². The van der Waals surface area contributed by atoms with Gasteiger partial charge in [0.15, 0.2) is 5.82 Å². The maximum Gasteiger partial charge on any atom is 0.155 e. The molecule has 1 saturated heterocycles. The van der Waals surface area contributed by atoms with E-state index in [0.717, 1.165) is 55.1 Å². The van der Waals surface area contributed by atoms with E-state index in [1.54, 1.807) is 29.7 Å². The molecule has 1 atom stereocenters. The van der Waals surface area contributed by atoms with Crippen LogP contribution in [0.4, 0.5) is 10.2 Å². The number of piperidine rings is 1. The number of thiazole rings is 1. The van der Waals surface area contributed by atoms with Crippen molar-refractivity contribution in [2.45, 2.75) is 32.2 Å². The van der Waals surface area contributed by atoms with Gasteiger partial charge >= 0.3 is 0 Å². The normalized spacial score (nSPS) is 20.0. The summed E-state index contributed by atoms with van der Waals surface area (Å²) in [5.74, 6) is 0.637. The fourth-order valence-electron chi connectivity index (χ4n) is 5.30. The third-order valence-electron chi connectivity index (χ3n) is 7.03. The maximum absolute atomic E-state index is 14.5. The van der Waals surface area contributed by atoms with Gasteiger partial charge < -0.3 is 10.6 Å². The van der Waals surface area contributed by atoms with Gasteiger partial charge in [-0.3, -0.25) is 0 Å². The van der Waals surface area contributed by atoms with Crippen LogP contribution in [-0.2, 0) is 6.42 Å². The average molecular weight is 435 g/mol. The third-order valence-corrected chi connectivity index (χ3v) is 7.88. The molecule has 158 valence electrons. The van der Waals surface area contributed by atoms with Crippen molar-refractivity contribution in [3.63, 3.8) is 0 Å². The van der Waals surface area contributed by atoms with E-state index in [2.05, 4.69) is 15.0 Å². The Bertz CT molecular complexity index is 1290. The summed E-state index contributed by atoms with van der Waals surface area (Å²) in [5, 5.41) is 4.51. The lowest BCUT2D eigenvalue weighted by atomic mass is 9.73. The van der Waals surface area contributed by atoms with Crippen molar-refractivity contribution in [2.75, 3.05) is 18.0 Å². The summed E-state index contributed by atoms with van der Waals surface area (Å²) < 4.78 is 16.4. The van der Waals surface area contributed by atoms with Crippen molar-refractivity contribution in [1.29, 1.82) is 0 Å². The van der Waals surface area contributed by atoms with Crippen LogP contribution in [0.3, 0.4) is 0 Å². The fraction of sp³-hybridized carbons (Fsp3) is 0.348. The molecule has 3 aromatic heterocycles. The second-order valence-corrected chi connectivity index (χ2v) is 9.58. The van der Waals surface area contributed by atoms with Gasteiger partial charge in [-0.05, 0) is 49.8 Å². The van der Waals surface area contributed by atoms with Crippen molar-refractivity contribution < 1.29 is 4.39 Å². The van der Waals surface area contributed by atoms with Gasteiger partial charge in [0.25, 0.3) is 0 Å². The summed E-state index contributed by atoms with van der Waals surface area (Å²) in [7, 11) is 0. The summed E-state index contributed by atoms with van der Waals surface area (Å²) in [5.41, 5.74) is 12.6. The monoisotopic (exact) mass is 434 g/mol. The first-order chi connectivity index (χ1) is 15.1. The second kappa shape index (κ2) is 6.83. The summed E-state index contributed by atoms with van der Waals surface area (Å²) in [6.45, 7) is 3.69. The van der Waals surface area contributed by atoms with E-state index in [-0.39, 0.29) is 17.3 Å². The van der Waals surface area contributed by atoms with Crippen LogP contribution in [0.25, 0.3) is 16.8 Å². The Kier molecular flexibility index (Phi) is 4.16. The van der Waals surface area contributed by atoms with E-state index in [4.69, 9.17) is 10.7 Å². The van der Waals surface area contributed by atoms with Crippen molar-refractivity contribution >= 4 is 22.7 Å². The van der Waals surface area contributed by atoms with Gasteiger partial charge in [-0.15, -0.1) is 11.3 Å². The predicted molar refractivity (Wildman–Crippen MR) is 120 cm³/mol. The highest BCUT2D eigenvalue weighted by Gasteiger charge is 2.47. The molecule has 4 heterocycles. The second-order valence-electron chi connectivity index (χ2n) is 8.64. The van der Waals surface area contributed by atoms with Gasteiger partial charge in [0, 0.05) is 23.5 Å². The Morgan fingerprint density at radius 3 is 2.77 bits per heavy atom. The Balaban J connectivity index is 1.34. The first kappa shape index (κ1) is 18.9. The number of hydrogen-bond donors (Lipinski definition) is 1. The summed E-state index contributed by atoms with van der Waals surface area (Å²) in [6, 6.07) is 8.76. The molecule has 4 aromatic rings. The average Bonchev–Trinajstić information content (AvgIpc) is 3.48. The number of nitrogens with zero attached hydrogens (tertiary/aromatic N) is 5. The molecule has 0 unspecified atom stereocenters. The lowest BCUT2D eigenvalue weighted by molar-refractivity contribution is 0.186. The highest BCUT2D eigenvalue weighted by molar-refractivity contribution is 7.09. The molecule has 1 aromatic carbocycles. The zero-order valence-corrected chi connectivity index (χ0v) is 18.1. The lowest BCUT2D eigenvalue weighted by Gasteiger charge is -2.42. The molecule has 0 radical (unpaired) electrons. The molecular formula is C23H23FN6S. The Labute approximate surface area is 183 Å². The number of nitrogens with two attached hydrogens (primary N) is 1. The number of fused-ring (bicyclic) bond motifs is 2. The molecule has 6 rings (SSSR count). The van der Waals surface area contributed by atoms with Gasteiger partial charge in [-0.25, -0.2) is 18.9 Å². The van der Waals surface area contributed by atoms with E-state index in [1.807, 2.05) is 29.1 Å². The minimum atomic E-state index is -0.270. The van der Waals surface area contributed by atoms with Crippen LogP contribution in [-0.4, -0.2) is 32.7 Å². The number of rotatable bonds is 2. The quantitative estimate of drug-likeness (QED) is 0.513. The molecule has 1 spiro atoms. The van der Waals surface area contributed by atoms with Crippen molar-refractivity contribution in [1.82, 2.24) is 19.6 Å². The zero-order chi connectivity index (χ0) is 21.2. The molecule has 31 heavy (non-hydrogen) atoms. The predicted octanol–water partition coefficient (Wildman–Crippen LogP) is 4.14. The molecule has 0 bridgehead atoms.